The molecule has 4 rings (SSSR count). The van der Waals surface area contributed by atoms with Crippen LogP contribution in [0.2, 0.25) is 0 Å². The predicted molar refractivity (Wildman–Crippen MR) is 95.5 cm³/mol. The molecular weight excluding hydrogens is 354 g/mol. The average Bonchev–Trinajstić information content (AvgIpc) is 3.13. The number of benzene rings is 2. The molecule has 27 heavy (non-hydrogen) atoms. The van der Waals surface area contributed by atoms with Crippen LogP contribution in [-0.2, 0) is 0 Å². The van der Waals surface area contributed by atoms with E-state index in [-0.39, 0.29) is 12.6 Å². The van der Waals surface area contributed by atoms with Gasteiger partial charge >= 0.3 is 6.03 Å². The van der Waals surface area contributed by atoms with E-state index in [1.807, 2.05) is 24.3 Å². The van der Waals surface area contributed by atoms with E-state index < -0.39 is 23.4 Å². The quantitative estimate of drug-likeness (QED) is 0.765. The molecule has 0 spiro atoms. The number of aromatic nitrogens is 2. The van der Waals surface area contributed by atoms with Crippen molar-refractivity contribution in [3.8, 4) is 5.88 Å². The van der Waals surface area contributed by atoms with Crippen LogP contribution in [0, 0.1) is 11.6 Å². The smallest absolute Gasteiger partial charge is 0.322 e. The Kier molecular flexibility index (Phi) is 4.53. The number of halogens is 2. The summed E-state index contributed by atoms with van der Waals surface area (Å²) in [7, 11) is 0. The fourth-order valence-electron chi connectivity index (χ4n) is 2.98. The van der Waals surface area contributed by atoms with Crippen LogP contribution in [0.4, 0.5) is 19.3 Å². The molecule has 1 atom stereocenters. The van der Waals surface area contributed by atoms with Crippen molar-refractivity contribution in [1.29, 1.82) is 0 Å². The number of nitrogens with zero attached hydrogens (tertiary/aromatic N) is 3. The second-order valence-corrected chi connectivity index (χ2v) is 6.20. The molecular formula is C19H16F2N4O2. The van der Waals surface area contributed by atoms with Gasteiger partial charge in [0.15, 0.2) is 0 Å². The molecule has 2 aromatic carbocycles. The SMILES string of the molecule is O=C(Nc1c(F)cccc1F)N1CCC(Oc2cnc3ccccc3n2)C1. The summed E-state index contributed by atoms with van der Waals surface area (Å²) < 4.78 is 33.2. The maximum atomic E-state index is 13.7. The first-order valence-electron chi connectivity index (χ1n) is 8.48. The number of para-hydroxylation sites is 3. The van der Waals surface area contributed by atoms with Crippen molar-refractivity contribution < 1.29 is 18.3 Å². The molecule has 1 N–H and O–H groups in total. The number of hydrogen-bond donors (Lipinski definition) is 1. The first-order valence-corrected chi connectivity index (χ1v) is 8.48. The van der Waals surface area contributed by atoms with E-state index >= 15 is 0 Å². The lowest BCUT2D eigenvalue weighted by Crippen LogP contribution is -2.35. The van der Waals surface area contributed by atoms with Gasteiger partial charge in [-0.3, -0.25) is 0 Å². The van der Waals surface area contributed by atoms with Crippen molar-refractivity contribution >= 4 is 22.8 Å². The van der Waals surface area contributed by atoms with Gasteiger partial charge in [0.1, 0.15) is 23.4 Å². The van der Waals surface area contributed by atoms with Crippen LogP contribution in [0.1, 0.15) is 6.42 Å². The topological polar surface area (TPSA) is 67.4 Å². The van der Waals surface area contributed by atoms with E-state index in [0.29, 0.717) is 18.8 Å². The maximum Gasteiger partial charge on any atom is 0.322 e. The Balaban J connectivity index is 1.40. The molecule has 1 aromatic heterocycles. The van der Waals surface area contributed by atoms with Gasteiger partial charge < -0.3 is 15.0 Å². The summed E-state index contributed by atoms with van der Waals surface area (Å²) in [5.41, 5.74) is 1.04. The normalized spacial score (nSPS) is 16.5. The van der Waals surface area contributed by atoms with Crippen molar-refractivity contribution in [2.75, 3.05) is 18.4 Å². The van der Waals surface area contributed by atoms with Crippen LogP contribution in [0.5, 0.6) is 5.88 Å². The molecule has 1 saturated heterocycles. The van der Waals surface area contributed by atoms with Gasteiger partial charge in [-0.2, -0.15) is 0 Å². The number of carbonyl (C=O) groups excluding carboxylic acids is 1. The molecule has 1 aliphatic heterocycles. The molecule has 0 bridgehead atoms. The molecule has 1 aliphatic rings. The van der Waals surface area contributed by atoms with E-state index in [1.165, 1.54) is 11.0 Å². The van der Waals surface area contributed by atoms with Gasteiger partial charge in [0.05, 0.1) is 23.8 Å². The zero-order chi connectivity index (χ0) is 18.8. The molecule has 8 heteroatoms. The fraction of sp³-hybridized carbons (Fsp3) is 0.211. The van der Waals surface area contributed by atoms with Crippen LogP contribution in [0.15, 0.2) is 48.7 Å². The Morgan fingerprint density at radius 3 is 2.63 bits per heavy atom. The molecule has 2 amide bonds. The predicted octanol–water partition coefficient (Wildman–Crippen LogP) is 3.59. The molecule has 3 aromatic rings. The first-order chi connectivity index (χ1) is 13.1. The number of anilines is 1. The van der Waals surface area contributed by atoms with Crippen LogP contribution in [0.25, 0.3) is 11.0 Å². The van der Waals surface area contributed by atoms with Gasteiger partial charge in [-0.05, 0) is 24.3 Å². The summed E-state index contributed by atoms with van der Waals surface area (Å²) in [4.78, 5) is 22.4. The Bertz CT molecular complexity index is 978. The Morgan fingerprint density at radius 1 is 1.11 bits per heavy atom. The summed E-state index contributed by atoms with van der Waals surface area (Å²) in [5.74, 6) is -1.26. The lowest BCUT2D eigenvalue weighted by Gasteiger charge is -2.18. The van der Waals surface area contributed by atoms with Crippen LogP contribution in [0.3, 0.4) is 0 Å². The zero-order valence-corrected chi connectivity index (χ0v) is 14.2. The average molecular weight is 370 g/mol. The molecule has 0 saturated carbocycles. The van der Waals surface area contributed by atoms with Crippen LogP contribution < -0.4 is 10.1 Å². The number of amides is 2. The number of rotatable bonds is 3. The highest BCUT2D eigenvalue weighted by atomic mass is 19.1. The first kappa shape index (κ1) is 17.1. The second-order valence-electron chi connectivity index (χ2n) is 6.20. The van der Waals surface area contributed by atoms with Gasteiger partial charge in [0.2, 0.25) is 5.88 Å². The van der Waals surface area contributed by atoms with E-state index in [0.717, 1.165) is 23.2 Å². The lowest BCUT2D eigenvalue weighted by molar-refractivity contribution is 0.190. The van der Waals surface area contributed by atoms with Crippen molar-refractivity contribution in [1.82, 2.24) is 14.9 Å². The van der Waals surface area contributed by atoms with E-state index in [2.05, 4.69) is 15.3 Å². The summed E-state index contributed by atoms with van der Waals surface area (Å²) in [6, 6.07) is 10.3. The number of urea groups is 1. The molecule has 6 nitrogen and oxygen atoms in total. The number of fused-ring (bicyclic) bond motifs is 1. The van der Waals surface area contributed by atoms with Crippen LogP contribution >= 0.6 is 0 Å². The van der Waals surface area contributed by atoms with Gasteiger partial charge in [0, 0.05) is 13.0 Å². The third-order valence-electron chi connectivity index (χ3n) is 4.34. The van der Waals surface area contributed by atoms with Gasteiger partial charge in [-0.25, -0.2) is 23.5 Å². The third-order valence-corrected chi connectivity index (χ3v) is 4.34. The van der Waals surface area contributed by atoms with Crippen LogP contribution in [-0.4, -0.2) is 40.1 Å². The minimum absolute atomic E-state index is 0.267. The second kappa shape index (κ2) is 7.14. The Labute approximate surface area is 153 Å². The van der Waals surface area contributed by atoms with Gasteiger partial charge in [-0.15, -0.1) is 0 Å². The van der Waals surface area contributed by atoms with Crippen molar-refractivity contribution in [3.63, 3.8) is 0 Å². The maximum absolute atomic E-state index is 13.7. The summed E-state index contributed by atoms with van der Waals surface area (Å²) in [6.45, 7) is 0.698. The largest absolute Gasteiger partial charge is 0.471 e. The van der Waals surface area contributed by atoms with E-state index in [9.17, 15) is 13.6 Å². The van der Waals surface area contributed by atoms with Gasteiger partial charge in [0.25, 0.3) is 0 Å². The van der Waals surface area contributed by atoms with Crippen molar-refractivity contribution in [3.05, 3.63) is 60.3 Å². The Morgan fingerprint density at radius 2 is 1.85 bits per heavy atom. The summed E-state index contributed by atoms with van der Waals surface area (Å²) in [6.07, 6.45) is 1.86. The lowest BCUT2D eigenvalue weighted by atomic mass is 10.3. The number of likely N-dealkylation sites (tertiary alicyclic amines) is 1. The van der Waals surface area contributed by atoms with Gasteiger partial charge in [-0.1, -0.05) is 18.2 Å². The number of nitrogens with one attached hydrogen (secondary N) is 1. The molecule has 1 unspecified atom stereocenters. The molecule has 0 aliphatic carbocycles. The molecule has 138 valence electrons. The molecule has 2 heterocycles. The third kappa shape index (κ3) is 3.64. The molecule has 0 radical (unpaired) electrons. The van der Waals surface area contributed by atoms with Crippen molar-refractivity contribution in [2.24, 2.45) is 0 Å². The minimum Gasteiger partial charge on any atom is -0.471 e. The minimum atomic E-state index is -0.818. The monoisotopic (exact) mass is 370 g/mol. The highest BCUT2D eigenvalue weighted by Gasteiger charge is 2.29. The fourth-order valence-corrected chi connectivity index (χ4v) is 2.98. The zero-order valence-electron chi connectivity index (χ0n) is 14.2. The summed E-state index contributed by atoms with van der Waals surface area (Å²) >= 11 is 0. The van der Waals surface area contributed by atoms with E-state index in [4.69, 9.17) is 4.74 Å². The van der Waals surface area contributed by atoms with E-state index in [1.54, 1.807) is 6.20 Å². The standard InChI is InChI=1S/C19H16F2N4O2/c20-13-4-3-5-14(21)18(13)24-19(26)25-9-8-12(11-25)27-17-10-22-15-6-1-2-7-16(15)23-17/h1-7,10,12H,8-9,11H2,(H,24,26). The van der Waals surface area contributed by atoms with Crippen molar-refractivity contribution in [2.45, 2.75) is 12.5 Å². The highest BCUT2D eigenvalue weighted by Crippen LogP contribution is 2.22. The number of ether oxygens (including phenoxy) is 1. The molecule has 1 fully saturated rings. The Hall–Kier alpha value is -3.29. The highest BCUT2D eigenvalue weighted by molar-refractivity contribution is 5.89. The number of hydrogen-bond acceptors (Lipinski definition) is 4. The number of carbonyl (C=O) groups is 1. The summed E-state index contributed by atoms with van der Waals surface area (Å²) in [5, 5.41) is 2.28.